The maximum atomic E-state index is 12.5. The molecule has 0 spiro atoms. The van der Waals surface area contributed by atoms with E-state index >= 15 is 0 Å². The number of hydrogen-bond donors (Lipinski definition) is 1. The van der Waals surface area contributed by atoms with Gasteiger partial charge in [-0.25, -0.2) is 13.1 Å². The van der Waals surface area contributed by atoms with Gasteiger partial charge in [0.2, 0.25) is 10.0 Å². The maximum absolute atomic E-state index is 12.5. The third-order valence-electron chi connectivity index (χ3n) is 5.22. The Hall–Kier alpha value is -2.12. The van der Waals surface area contributed by atoms with Gasteiger partial charge in [0.05, 0.1) is 30.2 Å². The summed E-state index contributed by atoms with van der Waals surface area (Å²) in [5.41, 5.74) is 0.801. The molecule has 3 rings (SSSR count). The molecule has 0 bridgehead atoms. The highest BCUT2D eigenvalue weighted by atomic mass is 32.2. The molecule has 1 unspecified atom stereocenters. The molecule has 1 N–H and O–H groups in total. The van der Waals surface area contributed by atoms with Crippen LogP contribution in [0.2, 0.25) is 0 Å². The molecule has 1 heterocycles. The third-order valence-corrected chi connectivity index (χ3v) is 6.64. The second-order valence-corrected chi connectivity index (χ2v) is 8.93. The Balaban J connectivity index is 1.72. The van der Waals surface area contributed by atoms with Gasteiger partial charge in [-0.2, -0.15) is 0 Å². The molecule has 7 heteroatoms. The molecule has 1 aromatic carbocycles. The molecule has 1 aliphatic carbocycles. The van der Waals surface area contributed by atoms with Crippen LogP contribution in [-0.4, -0.2) is 21.0 Å². The predicted octanol–water partition coefficient (Wildman–Crippen LogP) is 3.99. The summed E-state index contributed by atoms with van der Waals surface area (Å²) < 4.78 is 37.9. The first-order valence-corrected chi connectivity index (χ1v) is 11.3. The van der Waals surface area contributed by atoms with Gasteiger partial charge in [0, 0.05) is 0 Å². The Kier molecular flexibility index (Phi) is 6.91. The van der Waals surface area contributed by atoms with Crippen LogP contribution < -0.4 is 4.72 Å². The summed E-state index contributed by atoms with van der Waals surface area (Å²) in [6, 6.07) is 9.94. The van der Waals surface area contributed by atoms with Crippen molar-refractivity contribution in [2.45, 2.75) is 56.4 Å². The quantitative estimate of drug-likeness (QED) is 0.638. The summed E-state index contributed by atoms with van der Waals surface area (Å²) >= 11 is 0. The second-order valence-electron chi connectivity index (χ2n) is 7.16. The SMILES string of the molecule is CCOC(=O)C(CC1CCCC1)c1ccc(S(=O)(=O)NCc2ccco2)cc1. The molecule has 6 nitrogen and oxygen atoms in total. The van der Waals surface area contributed by atoms with Crippen LogP contribution in [0, 0.1) is 5.92 Å². The topological polar surface area (TPSA) is 85.6 Å². The molecule has 2 aromatic rings. The monoisotopic (exact) mass is 405 g/mol. The first kappa shape index (κ1) is 20.6. The van der Waals surface area contributed by atoms with Gasteiger partial charge in [-0.15, -0.1) is 0 Å². The number of ether oxygens (including phenoxy) is 1. The number of rotatable bonds is 9. The lowest BCUT2D eigenvalue weighted by atomic mass is 9.88. The first-order valence-electron chi connectivity index (χ1n) is 9.78. The highest BCUT2D eigenvalue weighted by Crippen LogP contribution is 2.35. The average Bonchev–Trinajstić information content (AvgIpc) is 3.39. The summed E-state index contributed by atoms with van der Waals surface area (Å²) in [5, 5.41) is 0. The Bertz CT molecular complexity index is 853. The number of furan rings is 1. The lowest BCUT2D eigenvalue weighted by Crippen LogP contribution is -2.23. The highest BCUT2D eigenvalue weighted by Gasteiger charge is 2.28. The lowest BCUT2D eigenvalue weighted by Gasteiger charge is -2.20. The number of esters is 1. The van der Waals surface area contributed by atoms with Gasteiger partial charge >= 0.3 is 5.97 Å². The fraction of sp³-hybridized carbons (Fsp3) is 0.476. The number of carbonyl (C=O) groups is 1. The van der Waals surface area contributed by atoms with E-state index in [0.29, 0.717) is 18.3 Å². The molecule has 1 saturated carbocycles. The van der Waals surface area contributed by atoms with Crippen LogP contribution in [0.15, 0.2) is 52.0 Å². The fourth-order valence-corrected chi connectivity index (χ4v) is 4.73. The van der Waals surface area contributed by atoms with Crippen molar-refractivity contribution in [2.75, 3.05) is 6.61 Å². The molecule has 0 amide bonds. The highest BCUT2D eigenvalue weighted by molar-refractivity contribution is 7.89. The molecule has 1 fully saturated rings. The van der Waals surface area contributed by atoms with Gasteiger partial charge in [0.1, 0.15) is 5.76 Å². The predicted molar refractivity (Wildman–Crippen MR) is 105 cm³/mol. The van der Waals surface area contributed by atoms with E-state index in [9.17, 15) is 13.2 Å². The van der Waals surface area contributed by atoms with Gasteiger partial charge in [0.25, 0.3) is 0 Å². The van der Waals surface area contributed by atoms with E-state index < -0.39 is 10.0 Å². The largest absolute Gasteiger partial charge is 0.468 e. The molecule has 152 valence electrons. The van der Waals surface area contributed by atoms with Crippen LogP contribution in [0.4, 0.5) is 0 Å². The zero-order valence-corrected chi connectivity index (χ0v) is 16.9. The summed E-state index contributed by atoms with van der Waals surface area (Å²) in [6.45, 7) is 2.22. The summed E-state index contributed by atoms with van der Waals surface area (Å²) in [6.07, 6.45) is 6.94. The average molecular weight is 406 g/mol. The number of carbonyl (C=O) groups excluding carboxylic acids is 1. The molecule has 28 heavy (non-hydrogen) atoms. The van der Waals surface area contributed by atoms with Crippen molar-refractivity contribution >= 4 is 16.0 Å². The van der Waals surface area contributed by atoms with E-state index in [1.807, 2.05) is 0 Å². The van der Waals surface area contributed by atoms with Gasteiger partial charge in [-0.3, -0.25) is 4.79 Å². The normalized spacial score (nSPS) is 16.2. The van der Waals surface area contributed by atoms with Crippen LogP contribution in [-0.2, 0) is 26.1 Å². The second kappa shape index (κ2) is 9.39. The van der Waals surface area contributed by atoms with Gasteiger partial charge in [-0.05, 0) is 49.1 Å². The van der Waals surface area contributed by atoms with E-state index in [1.165, 1.54) is 19.1 Å². The van der Waals surface area contributed by atoms with Crippen molar-refractivity contribution < 1.29 is 22.4 Å². The Morgan fingerprint density at radius 1 is 1.21 bits per heavy atom. The van der Waals surface area contributed by atoms with E-state index in [4.69, 9.17) is 9.15 Å². The first-order chi connectivity index (χ1) is 13.5. The van der Waals surface area contributed by atoms with E-state index in [0.717, 1.165) is 24.8 Å². The fourth-order valence-electron chi connectivity index (χ4n) is 3.73. The van der Waals surface area contributed by atoms with E-state index in [1.54, 1.807) is 43.3 Å². The number of benzene rings is 1. The smallest absolute Gasteiger partial charge is 0.313 e. The Morgan fingerprint density at radius 2 is 1.93 bits per heavy atom. The minimum atomic E-state index is -3.66. The summed E-state index contributed by atoms with van der Waals surface area (Å²) in [7, 11) is -3.66. The maximum Gasteiger partial charge on any atom is 0.313 e. The van der Waals surface area contributed by atoms with Crippen molar-refractivity contribution in [2.24, 2.45) is 5.92 Å². The third kappa shape index (κ3) is 5.23. The molecular weight excluding hydrogens is 378 g/mol. The zero-order chi connectivity index (χ0) is 20.0. The van der Waals surface area contributed by atoms with Gasteiger partial charge in [0.15, 0.2) is 0 Å². The molecule has 0 saturated heterocycles. The van der Waals surface area contributed by atoms with E-state index in [2.05, 4.69) is 4.72 Å². The van der Waals surface area contributed by atoms with Crippen LogP contribution >= 0.6 is 0 Å². The molecule has 0 aliphatic heterocycles. The zero-order valence-electron chi connectivity index (χ0n) is 16.1. The number of sulfonamides is 1. The van der Waals surface area contributed by atoms with Crippen molar-refractivity contribution in [3.05, 3.63) is 54.0 Å². The van der Waals surface area contributed by atoms with Crippen LogP contribution in [0.5, 0.6) is 0 Å². The van der Waals surface area contributed by atoms with Crippen molar-refractivity contribution in [1.82, 2.24) is 4.72 Å². The lowest BCUT2D eigenvalue weighted by molar-refractivity contribution is -0.145. The molecule has 1 aliphatic rings. The standard InChI is InChI=1S/C21H27NO5S/c1-2-26-21(23)20(14-16-6-3-4-7-16)17-9-11-19(12-10-17)28(24,25)22-15-18-8-5-13-27-18/h5,8-13,16,20,22H,2-4,6-7,14-15H2,1H3. The Labute approximate surface area is 166 Å². The molecule has 1 aromatic heterocycles. The summed E-state index contributed by atoms with van der Waals surface area (Å²) in [4.78, 5) is 12.6. The van der Waals surface area contributed by atoms with Crippen molar-refractivity contribution in [3.8, 4) is 0 Å². The van der Waals surface area contributed by atoms with Crippen LogP contribution in [0.3, 0.4) is 0 Å². The van der Waals surface area contributed by atoms with Gasteiger partial charge in [-0.1, -0.05) is 37.8 Å². The summed E-state index contributed by atoms with van der Waals surface area (Å²) in [5.74, 6) is 0.476. The van der Waals surface area contributed by atoms with Crippen molar-refractivity contribution in [1.29, 1.82) is 0 Å². The van der Waals surface area contributed by atoms with Crippen LogP contribution in [0.1, 0.15) is 56.3 Å². The van der Waals surface area contributed by atoms with E-state index in [-0.39, 0.29) is 23.3 Å². The molecule has 0 radical (unpaired) electrons. The van der Waals surface area contributed by atoms with Gasteiger partial charge < -0.3 is 9.15 Å². The molecule has 1 atom stereocenters. The minimum Gasteiger partial charge on any atom is -0.468 e. The van der Waals surface area contributed by atoms with Crippen molar-refractivity contribution in [3.63, 3.8) is 0 Å². The minimum absolute atomic E-state index is 0.0875. The Morgan fingerprint density at radius 3 is 2.54 bits per heavy atom. The van der Waals surface area contributed by atoms with Crippen LogP contribution in [0.25, 0.3) is 0 Å². The number of nitrogens with one attached hydrogen (secondary N) is 1. The molecular formula is C21H27NO5S. The number of hydrogen-bond acceptors (Lipinski definition) is 5.